The summed E-state index contributed by atoms with van der Waals surface area (Å²) in [4.78, 5) is 12.4. The molecule has 0 aliphatic carbocycles. The van der Waals surface area contributed by atoms with Crippen molar-refractivity contribution in [3.05, 3.63) is 124 Å². The lowest BCUT2D eigenvalue weighted by molar-refractivity contribution is 0.252. The molecule has 0 aromatic heterocycles. The number of hydrazone groups is 1. The smallest absolute Gasteiger partial charge is 0.307 e. The summed E-state index contributed by atoms with van der Waals surface area (Å²) < 4.78 is 0. The minimum absolute atomic E-state index is 0.459. The van der Waals surface area contributed by atoms with Crippen molar-refractivity contribution in [1.82, 2.24) is 5.43 Å². The number of amides is 2. The van der Waals surface area contributed by atoms with E-state index in [-0.39, 0.29) is 0 Å². The number of carbonyl (C=O) groups is 1. The molecule has 4 rings (SSSR count). The first-order chi connectivity index (χ1) is 15.6. The molecule has 4 aromatic carbocycles. The lowest BCUT2D eigenvalue weighted by Crippen LogP contribution is -2.26. The largest absolute Gasteiger partial charge is 0.339 e. The van der Waals surface area contributed by atoms with Crippen molar-refractivity contribution in [2.45, 2.75) is 0 Å². The molecule has 0 radical (unpaired) electrons. The summed E-state index contributed by atoms with van der Waals surface area (Å²) in [5.41, 5.74) is 7.72. The van der Waals surface area contributed by atoms with Crippen LogP contribution in [0.2, 0.25) is 10.0 Å². The van der Waals surface area contributed by atoms with Gasteiger partial charge in [0.1, 0.15) is 0 Å². The molecule has 0 fully saturated rings. The summed E-state index contributed by atoms with van der Waals surface area (Å²) in [5, 5.41) is 8.35. The molecule has 2 amide bonds. The zero-order valence-electron chi connectivity index (χ0n) is 16.9. The molecule has 2 N–H and O–H groups in total. The van der Waals surface area contributed by atoms with Gasteiger partial charge < -0.3 is 5.32 Å². The first-order valence-electron chi connectivity index (χ1n) is 9.90. The van der Waals surface area contributed by atoms with Gasteiger partial charge in [-0.2, -0.15) is 5.10 Å². The monoisotopic (exact) mass is 459 g/mol. The van der Waals surface area contributed by atoms with Gasteiger partial charge in [-0.15, -0.1) is 0 Å². The first kappa shape index (κ1) is 21.6. The van der Waals surface area contributed by atoms with Crippen molar-refractivity contribution in [2.24, 2.45) is 5.10 Å². The Morgan fingerprint density at radius 1 is 0.625 bits per heavy atom. The number of urea groups is 1. The van der Waals surface area contributed by atoms with Crippen LogP contribution in [-0.2, 0) is 0 Å². The highest BCUT2D eigenvalue weighted by molar-refractivity contribution is 6.31. The number of anilines is 1. The summed E-state index contributed by atoms with van der Waals surface area (Å²) in [6, 6.07) is 31.8. The number of hydrogen-bond donors (Lipinski definition) is 2. The number of carbonyl (C=O) groups excluding carboxylic acids is 1. The average molecular weight is 460 g/mol. The molecule has 4 nitrogen and oxygen atoms in total. The zero-order valence-corrected chi connectivity index (χ0v) is 18.4. The van der Waals surface area contributed by atoms with Crippen LogP contribution in [-0.4, -0.2) is 11.7 Å². The highest BCUT2D eigenvalue weighted by Gasteiger charge is 2.10. The van der Waals surface area contributed by atoms with Gasteiger partial charge in [-0.05, 0) is 47.5 Å². The maximum atomic E-state index is 12.4. The maximum Gasteiger partial charge on any atom is 0.339 e. The third-order valence-electron chi connectivity index (χ3n) is 4.75. The molecule has 158 valence electrons. The molecule has 0 saturated heterocycles. The van der Waals surface area contributed by atoms with Gasteiger partial charge >= 0.3 is 6.03 Å². The Hall–Kier alpha value is -3.60. The molecule has 32 heavy (non-hydrogen) atoms. The highest BCUT2D eigenvalue weighted by atomic mass is 35.5. The molecule has 0 saturated carbocycles. The summed E-state index contributed by atoms with van der Waals surface area (Å²) in [7, 11) is 0. The molecule has 0 heterocycles. The average Bonchev–Trinajstić information content (AvgIpc) is 2.83. The van der Waals surface area contributed by atoms with Gasteiger partial charge in [-0.1, -0.05) is 89.9 Å². The molecule has 0 aliphatic heterocycles. The van der Waals surface area contributed by atoms with Crippen molar-refractivity contribution in [2.75, 3.05) is 5.32 Å². The maximum absolute atomic E-state index is 12.4. The summed E-state index contributed by atoms with van der Waals surface area (Å²) >= 11 is 11.9. The summed E-state index contributed by atoms with van der Waals surface area (Å²) in [6.45, 7) is 0. The van der Waals surface area contributed by atoms with E-state index in [0.717, 1.165) is 22.3 Å². The lowest BCUT2D eigenvalue weighted by atomic mass is 9.99. The van der Waals surface area contributed by atoms with E-state index in [1.165, 1.54) is 0 Å². The Morgan fingerprint density at radius 2 is 1.12 bits per heavy atom. The van der Waals surface area contributed by atoms with Gasteiger partial charge in [0.05, 0.1) is 5.71 Å². The molecule has 0 unspecified atom stereocenters. The minimum atomic E-state index is -0.459. The number of nitrogens with one attached hydrogen (secondary N) is 2. The van der Waals surface area contributed by atoms with Crippen LogP contribution in [0.1, 0.15) is 11.1 Å². The van der Waals surface area contributed by atoms with E-state index in [1.807, 2.05) is 54.6 Å². The normalized spacial score (nSPS) is 11.1. The van der Waals surface area contributed by atoms with E-state index in [2.05, 4.69) is 28.0 Å². The van der Waals surface area contributed by atoms with E-state index in [0.29, 0.717) is 21.4 Å². The van der Waals surface area contributed by atoms with Gasteiger partial charge in [0, 0.05) is 26.9 Å². The van der Waals surface area contributed by atoms with Crippen LogP contribution in [0.4, 0.5) is 10.5 Å². The molecule has 0 atom stereocenters. The lowest BCUT2D eigenvalue weighted by Gasteiger charge is -2.10. The van der Waals surface area contributed by atoms with E-state index in [1.54, 1.807) is 36.4 Å². The third-order valence-corrected chi connectivity index (χ3v) is 5.26. The first-order valence-corrected chi connectivity index (χ1v) is 10.7. The van der Waals surface area contributed by atoms with E-state index >= 15 is 0 Å². The van der Waals surface area contributed by atoms with Crippen LogP contribution in [0.25, 0.3) is 11.1 Å². The summed E-state index contributed by atoms with van der Waals surface area (Å²) in [5.74, 6) is 0. The van der Waals surface area contributed by atoms with E-state index in [4.69, 9.17) is 23.2 Å². The van der Waals surface area contributed by atoms with Crippen LogP contribution >= 0.6 is 23.2 Å². The Morgan fingerprint density at radius 3 is 1.72 bits per heavy atom. The number of benzene rings is 4. The topological polar surface area (TPSA) is 53.5 Å². The molecular formula is C26H19Cl2N3O. The third kappa shape index (κ3) is 5.55. The molecule has 6 heteroatoms. The molecule has 0 bridgehead atoms. The van der Waals surface area contributed by atoms with E-state index < -0.39 is 6.03 Å². The Bertz CT molecular complexity index is 1220. The fraction of sp³-hybridized carbons (Fsp3) is 0. The van der Waals surface area contributed by atoms with Crippen molar-refractivity contribution >= 4 is 40.6 Å². The van der Waals surface area contributed by atoms with Gasteiger partial charge in [0.25, 0.3) is 0 Å². The number of rotatable bonds is 5. The number of halogens is 2. The van der Waals surface area contributed by atoms with Crippen LogP contribution in [0.5, 0.6) is 0 Å². The number of hydrogen-bond acceptors (Lipinski definition) is 2. The zero-order chi connectivity index (χ0) is 22.3. The van der Waals surface area contributed by atoms with Crippen LogP contribution < -0.4 is 10.7 Å². The summed E-state index contributed by atoms with van der Waals surface area (Å²) in [6.07, 6.45) is 0. The minimum Gasteiger partial charge on any atom is -0.307 e. The fourth-order valence-electron chi connectivity index (χ4n) is 3.15. The Labute approximate surface area is 196 Å². The van der Waals surface area contributed by atoms with Crippen molar-refractivity contribution in [1.29, 1.82) is 0 Å². The fourth-order valence-corrected chi connectivity index (χ4v) is 3.41. The van der Waals surface area contributed by atoms with Crippen LogP contribution in [0, 0.1) is 0 Å². The standard InChI is InChI=1S/C26H19Cl2N3O/c27-22-12-10-21(11-13-22)25(30-31-26(32)29-24-16-14-23(28)15-17-24)20-8-6-19(7-9-20)18-4-2-1-3-5-18/h1-17H,(H2,29,31,32)/b30-25+. The highest BCUT2D eigenvalue weighted by Crippen LogP contribution is 2.21. The molecule has 4 aromatic rings. The molecule has 0 spiro atoms. The predicted octanol–water partition coefficient (Wildman–Crippen LogP) is 7.23. The quantitative estimate of drug-likeness (QED) is 0.240. The van der Waals surface area contributed by atoms with Crippen molar-refractivity contribution in [3.8, 4) is 11.1 Å². The van der Waals surface area contributed by atoms with Crippen LogP contribution in [0.3, 0.4) is 0 Å². The Kier molecular flexibility index (Phi) is 6.85. The van der Waals surface area contributed by atoms with E-state index in [9.17, 15) is 4.79 Å². The Balaban J connectivity index is 1.59. The SMILES string of the molecule is O=C(N/N=C(/c1ccc(Cl)cc1)c1ccc(-c2ccccc2)cc1)Nc1ccc(Cl)cc1. The van der Waals surface area contributed by atoms with Crippen molar-refractivity contribution in [3.63, 3.8) is 0 Å². The van der Waals surface area contributed by atoms with Crippen molar-refractivity contribution < 1.29 is 4.79 Å². The second kappa shape index (κ2) is 10.1. The van der Waals surface area contributed by atoms with Crippen LogP contribution in [0.15, 0.2) is 108 Å². The molecule has 0 aliphatic rings. The van der Waals surface area contributed by atoms with Gasteiger partial charge in [0.2, 0.25) is 0 Å². The van der Waals surface area contributed by atoms with Gasteiger partial charge in [-0.25, -0.2) is 10.2 Å². The number of nitrogens with zero attached hydrogens (tertiary/aromatic N) is 1. The predicted molar refractivity (Wildman–Crippen MR) is 133 cm³/mol. The van der Waals surface area contributed by atoms with Gasteiger partial charge in [0.15, 0.2) is 0 Å². The second-order valence-corrected chi connectivity index (χ2v) is 7.86. The molecular weight excluding hydrogens is 441 g/mol. The second-order valence-electron chi connectivity index (χ2n) is 6.98. The van der Waals surface area contributed by atoms with Gasteiger partial charge in [-0.3, -0.25) is 0 Å².